The van der Waals surface area contributed by atoms with Crippen molar-refractivity contribution in [3.8, 4) is 11.8 Å². The summed E-state index contributed by atoms with van der Waals surface area (Å²) in [4.78, 5) is 27.5. The SMILES string of the molecule is CCC(Sc1cccc(NC(=O)COc2ccccc2)c1)C(=O)Nc1sc2c(c1C#N)CCCC2. The molecular formula is C27H27N3O3S2. The molecule has 6 nitrogen and oxygen atoms in total. The minimum atomic E-state index is -0.326. The first-order chi connectivity index (χ1) is 17.1. The van der Waals surface area contributed by atoms with Crippen molar-refractivity contribution in [1.29, 1.82) is 5.26 Å². The molecule has 0 spiro atoms. The van der Waals surface area contributed by atoms with Gasteiger partial charge in [-0.25, -0.2) is 0 Å². The van der Waals surface area contributed by atoms with Crippen LogP contribution in [-0.2, 0) is 22.4 Å². The molecule has 1 aromatic heterocycles. The van der Waals surface area contributed by atoms with Gasteiger partial charge < -0.3 is 15.4 Å². The number of carbonyl (C=O) groups excluding carboxylic acids is 2. The van der Waals surface area contributed by atoms with E-state index in [4.69, 9.17) is 4.74 Å². The molecule has 2 N–H and O–H groups in total. The van der Waals surface area contributed by atoms with Gasteiger partial charge in [0.2, 0.25) is 5.91 Å². The third-order valence-corrected chi connectivity index (χ3v) is 8.26. The molecule has 1 atom stereocenters. The van der Waals surface area contributed by atoms with Gasteiger partial charge in [-0.05, 0) is 68.0 Å². The van der Waals surface area contributed by atoms with Crippen molar-refractivity contribution in [2.75, 3.05) is 17.2 Å². The molecule has 8 heteroatoms. The predicted molar refractivity (Wildman–Crippen MR) is 141 cm³/mol. The second-order valence-corrected chi connectivity index (χ2v) is 10.6. The Morgan fingerprint density at radius 1 is 1.11 bits per heavy atom. The molecule has 0 aliphatic heterocycles. The number of thioether (sulfide) groups is 1. The first-order valence-electron chi connectivity index (χ1n) is 11.7. The average Bonchev–Trinajstić information content (AvgIpc) is 3.23. The zero-order valence-corrected chi connectivity index (χ0v) is 21.1. The van der Waals surface area contributed by atoms with Gasteiger partial charge in [-0.3, -0.25) is 9.59 Å². The Labute approximate surface area is 213 Å². The molecule has 3 aromatic rings. The van der Waals surface area contributed by atoms with Crippen LogP contribution in [0.5, 0.6) is 5.75 Å². The quantitative estimate of drug-likeness (QED) is 0.347. The lowest BCUT2D eigenvalue weighted by atomic mass is 9.96. The number of anilines is 2. The molecule has 1 aliphatic rings. The number of nitrogens with one attached hydrogen (secondary N) is 2. The van der Waals surface area contributed by atoms with E-state index in [1.165, 1.54) is 28.0 Å². The van der Waals surface area contributed by atoms with Crippen LogP contribution in [0.25, 0.3) is 0 Å². The number of hydrogen-bond donors (Lipinski definition) is 2. The predicted octanol–water partition coefficient (Wildman–Crippen LogP) is 6.03. The Morgan fingerprint density at radius 2 is 1.91 bits per heavy atom. The van der Waals surface area contributed by atoms with Crippen LogP contribution in [-0.4, -0.2) is 23.7 Å². The van der Waals surface area contributed by atoms with Crippen molar-refractivity contribution in [2.24, 2.45) is 0 Å². The van der Waals surface area contributed by atoms with Crippen LogP contribution in [0.3, 0.4) is 0 Å². The summed E-state index contributed by atoms with van der Waals surface area (Å²) in [6, 6.07) is 18.9. The Kier molecular flexibility index (Phi) is 8.45. The Balaban J connectivity index is 1.37. The van der Waals surface area contributed by atoms with Gasteiger partial charge in [-0.15, -0.1) is 23.1 Å². The normalized spacial score (nSPS) is 13.3. The molecule has 4 rings (SSSR count). The summed E-state index contributed by atoms with van der Waals surface area (Å²) in [5.74, 6) is 0.264. The first kappa shape index (κ1) is 24.8. The van der Waals surface area contributed by atoms with E-state index in [2.05, 4.69) is 16.7 Å². The number of fused-ring (bicyclic) bond motifs is 1. The van der Waals surface area contributed by atoms with Crippen molar-refractivity contribution in [2.45, 2.75) is 49.2 Å². The molecule has 0 bridgehead atoms. The molecular weight excluding hydrogens is 478 g/mol. The monoisotopic (exact) mass is 505 g/mol. The zero-order chi connectivity index (χ0) is 24.6. The standard InChI is InChI=1S/C27H27N3O3S2/c1-2-23(26(32)30-27-22(16-28)21-13-6-7-14-24(21)35-27)34-20-12-8-9-18(15-20)29-25(31)17-33-19-10-4-3-5-11-19/h3-5,8-12,15,23H,2,6-7,13-14,17H2,1H3,(H,29,31)(H,30,32). The summed E-state index contributed by atoms with van der Waals surface area (Å²) in [7, 11) is 0. The van der Waals surface area contributed by atoms with Crippen LogP contribution >= 0.6 is 23.1 Å². The second kappa shape index (κ2) is 11.9. The van der Waals surface area contributed by atoms with Gasteiger partial charge in [-0.2, -0.15) is 5.26 Å². The molecule has 1 aliphatic carbocycles. The van der Waals surface area contributed by atoms with Crippen LogP contribution in [0.1, 0.15) is 42.2 Å². The number of ether oxygens (including phenoxy) is 1. The molecule has 0 radical (unpaired) electrons. The van der Waals surface area contributed by atoms with Crippen molar-refractivity contribution in [3.63, 3.8) is 0 Å². The summed E-state index contributed by atoms with van der Waals surface area (Å²) in [5, 5.41) is 15.9. The van der Waals surface area contributed by atoms with Gasteiger partial charge in [-0.1, -0.05) is 31.2 Å². The number of nitrogens with zero attached hydrogens (tertiary/aromatic N) is 1. The lowest BCUT2D eigenvalue weighted by molar-refractivity contribution is -0.118. The fourth-order valence-corrected chi connectivity index (χ4v) is 6.22. The van der Waals surface area contributed by atoms with Gasteiger partial charge in [0.1, 0.15) is 16.8 Å². The number of carbonyl (C=O) groups is 2. The number of thiophene rings is 1. The van der Waals surface area contributed by atoms with Crippen LogP contribution in [0.15, 0.2) is 59.5 Å². The van der Waals surface area contributed by atoms with Crippen molar-refractivity contribution >= 4 is 45.6 Å². The lowest BCUT2D eigenvalue weighted by Crippen LogP contribution is -2.24. The maximum Gasteiger partial charge on any atom is 0.262 e. The summed E-state index contributed by atoms with van der Waals surface area (Å²) in [6.07, 6.45) is 4.73. The van der Waals surface area contributed by atoms with Crippen molar-refractivity contribution in [3.05, 3.63) is 70.6 Å². The van der Waals surface area contributed by atoms with Gasteiger partial charge in [0, 0.05) is 15.5 Å². The lowest BCUT2D eigenvalue weighted by Gasteiger charge is -2.15. The zero-order valence-electron chi connectivity index (χ0n) is 19.5. The third-order valence-electron chi connectivity index (χ3n) is 5.69. The van der Waals surface area contributed by atoms with Gasteiger partial charge in [0.05, 0.1) is 10.8 Å². The Bertz CT molecular complexity index is 1230. The van der Waals surface area contributed by atoms with Crippen LogP contribution < -0.4 is 15.4 Å². The maximum absolute atomic E-state index is 13.1. The van der Waals surface area contributed by atoms with Gasteiger partial charge in [0.15, 0.2) is 6.61 Å². The topological polar surface area (TPSA) is 91.2 Å². The van der Waals surface area contributed by atoms with E-state index < -0.39 is 0 Å². The van der Waals surface area contributed by atoms with E-state index >= 15 is 0 Å². The van der Waals surface area contributed by atoms with Crippen LogP contribution in [0.4, 0.5) is 10.7 Å². The molecule has 2 amide bonds. The first-order valence-corrected chi connectivity index (χ1v) is 13.4. The number of para-hydroxylation sites is 1. The van der Waals surface area contributed by atoms with Crippen molar-refractivity contribution in [1.82, 2.24) is 0 Å². The number of benzene rings is 2. The van der Waals surface area contributed by atoms with Gasteiger partial charge >= 0.3 is 0 Å². The number of amides is 2. The van der Waals surface area contributed by atoms with E-state index in [9.17, 15) is 14.9 Å². The number of rotatable bonds is 9. The summed E-state index contributed by atoms with van der Waals surface area (Å²) >= 11 is 2.98. The molecule has 0 fully saturated rings. The highest BCUT2D eigenvalue weighted by Gasteiger charge is 2.24. The van der Waals surface area contributed by atoms with E-state index in [0.717, 1.165) is 36.1 Å². The minimum absolute atomic E-state index is 0.0899. The number of nitriles is 1. The summed E-state index contributed by atoms with van der Waals surface area (Å²) < 4.78 is 5.50. The summed E-state index contributed by atoms with van der Waals surface area (Å²) in [6.45, 7) is 1.88. The molecule has 2 aromatic carbocycles. The Morgan fingerprint density at radius 3 is 2.69 bits per heavy atom. The molecule has 1 heterocycles. The minimum Gasteiger partial charge on any atom is -0.484 e. The second-order valence-electron chi connectivity index (χ2n) is 8.21. The fraction of sp³-hybridized carbons (Fsp3) is 0.296. The highest BCUT2D eigenvalue weighted by Crippen LogP contribution is 2.38. The maximum atomic E-state index is 13.1. The largest absolute Gasteiger partial charge is 0.484 e. The molecule has 180 valence electrons. The van der Waals surface area contributed by atoms with Gasteiger partial charge in [0.25, 0.3) is 5.91 Å². The van der Waals surface area contributed by atoms with Crippen LogP contribution in [0.2, 0.25) is 0 Å². The third kappa shape index (κ3) is 6.44. The smallest absolute Gasteiger partial charge is 0.262 e. The molecule has 0 saturated carbocycles. The molecule has 0 saturated heterocycles. The van der Waals surface area contributed by atoms with E-state index in [0.29, 0.717) is 28.4 Å². The fourth-order valence-electron chi connectivity index (χ4n) is 3.96. The van der Waals surface area contributed by atoms with E-state index in [1.807, 2.05) is 43.3 Å². The van der Waals surface area contributed by atoms with Crippen molar-refractivity contribution < 1.29 is 14.3 Å². The molecule has 1 unspecified atom stereocenters. The number of aryl methyl sites for hydroxylation is 1. The summed E-state index contributed by atoms with van der Waals surface area (Å²) in [5.41, 5.74) is 2.38. The van der Waals surface area contributed by atoms with E-state index in [-0.39, 0.29) is 23.7 Å². The average molecular weight is 506 g/mol. The van der Waals surface area contributed by atoms with Crippen LogP contribution in [0, 0.1) is 11.3 Å². The number of hydrogen-bond acceptors (Lipinski definition) is 6. The molecule has 35 heavy (non-hydrogen) atoms. The Hall–Kier alpha value is -3.28. The highest BCUT2D eigenvalue weighted by molar-refractivity contribution is 8.00. The van der Waals surface area contributed by atoms with E-state index in [1.54, 1.807) is 18.2 Å². The highest BCUT2D eigenvalue weighted by atomic mass is 32.2.